The minimum absolute atomic E-state index is 0.0867. The van der Waals surface area contributed by atoms with Crippen molar-refractivity contribution in [1.82, 2.24) is 15.5 Å². The second kappa shape index (κ2) is 11.0. The molecule has 0 aromatic heterocycles. The van der Waals surface area contributed by atoms with Crippen LogP contribution < -0.4 is 10.6 Å². The van der Waals surface area contributed by atoms with Crippen LogP contribution >= 0.6 is 23.8 Å². The molecule has 1 unspecified atom stereocenters. The first kappa shape index (κ1) is 22.1. The zero-order chi connectivity index (χ0) is 20.5. The highest BCUT2D eigenvalue weighted by molar-refractivity contribution is 7.80. The van der Waals surface area contributed by atoms with Gasteiger partial charge in [0.05, 0.1) is 13.0 Å². The van der Waals surface area contributed by atoms with Crippen LogP contribution in [0.1, 0.15) is 43.0 Å². The molecular weight excluding hydrogens is 402 g/mol. The number of carbonyl (C=O) groups excluding carboxylic acids is 3. The Morgan fingerprint density at radius 3 is 2.89 bits per heavy atom. The molecule has 0 saturated carbocycles. The number of piperazine rings is 1. The van der Waals surface area contributed by atoms with Crippen molar-refractivity contribution < 1.29 is 19.1 Å². The SMILES string of the molecule is CCCCCOC(=O)CC1C(=O)NCCN1C(=S)NC(=O)c1cccc(Cl)c1. The monoisotopic (exact) mass is 425 g/mol. The largest absolute Gasteiger partial charge is 0.466 e. The maximum atomic E-state index is 12.4. The molecule has 1 saturated heterocycles. The number of nitrogens with zero attached hydrogens (tertiary/aromatic N) is 1. The molecule has 2 rings (SSSR count). The minimum Gasteiger partial charge on any atom is -0.466 e. The lowest BCUT2D eigenvalue weighted by Crippen LogP contribution is -2.60. The van der Waals surface area contributed by atoms with Crippen LogP contribution in [-0.4, -0.2) is 53.5 Å². The minimum atomic E-state index is -0.820. The summed E-state index contributed by atoms with van der Waals surface area (Å²) >= 11 is 11.2. The molecule has 9 heteroatoms. The van der Waals surface area contributed by atoms with Crippen molar-refractivity contribution in [1.29, 1.82) is 0 Å². The van der Waals surface area contributed by atoms with Gasteiger partial charge in [-0.1, -0.05) is 37.4 Å². The average Bonchev–Trinajstić information content (AvgIpc) is 2.66. The number of carbonyl (C=O) groups is 3. The molecule has 1 aliphatic rings. The Labute approximate surface area is 174 Å². The van der Waals surface area contributed by atoms with Gasteiger partial charge in [0.25, 0.3) is 5.91 Å². The molecule has 1 aliphatic heterocycles. The fourth-order valence-electron chi connectivity index (χ4n) is 2.79. The number of esters is 1. The predicted octanol–water partition coefficient (Wildman–Crippen LogP) is 2.28. The van der Waals surface area contributed by atoms with Gasteiger partial charge in [-0.2, -0.15) is 0 Å². The summed E-state index contributed by atoms with van der Waals surface area (Å²) in [4.78, 5) is 38.3. The van der Waals surface area contributed by atoms with Gasteiger partial charge >= 0.3 is 5.97 Å². The second-order valence-electron chi connectivity index (χ2n) is 6.40. The van der Waals surface area contributed by atoms with E-state index < -0.39 is 17.9 Å². The fraction of sp³-hybridized carbons (Fsp3) is 0.474. The van der Waals surface area contributed by atoms with Crippen LogP contribution in [0.2, 0.25) is 5.02 Å². The molecule has 1 aromatic rings. The lowest BCUT2D eigenvalue weighted by molar-refractivity contribution is -0.147. The van der Waals surface area contributed by atoms with Gasteiger partial charge in [0.15, 0.2) is 5.11 Å². The van der Waals surface area contributed by atoms with E-state index in [0.29, 0.717) is 30.3 Å². The summed E-state index contributed by atoms with van der Waals surface area (Å²) in [6, 6.07) is 5.63. The van der Waals surface area contributed by atoms with Gasteiger partial charge < -0.3 is 15.0 Å². The van der Waals surface area contributed by atoms with Crippen molar-refractivity contribution in [3.63, 3.8) is 0 Å². The highest BCUT2D eigenvalue weighted by Gasteiger charge is 2.34. The molecule has 2 N–H and O–H groups in total. The molecule has 0 spiro atoms. The van der Waals surface area contributed by atoms with Crippen molar-refractivity contribution in [3.8, 4) is 0 Å². The van der Waals surface area contributed by atoms with E-state index >= 15 is 0 Å². The molecular formula is C19H24ClN3O4S. The standard InChI is InChI=1S/C19H24ClN3O4S/c1-2-3-4-10-27-16(24)12-15-18(26)21-8-9-23(15)19(28)22-17(25)13-6-5-7-14(20)11-13/h5-7,11,15H,2-4,8-10,12H2,1H3,(H,21,26)(H,22,25,28). The Morgan fingerprint density at radius 1 is 1.39 bits per heavy atom. The molecule has 2 amide bonds. The van der Waals surface area contributed by atoms with Crippen LogP contribution in [0, 0.1) is 0 Å². The fourth-order valence-corrected chi connectivity index (χ4v) is 3.29. The van der Waals surface area contributed by atoms with Gasteiger partial charge in [0, 0.05) is 23.7 Å². The van der Waals surface area contributed by atoms with Gasteiger partial charge in [0.1, 0.15) is 6.04 Å². The van der Waals surface area contributed by atoms with Gasteiger partial charge in [0.2, 0.25) is 5.91 Å². The Kier molecular flexibility index (Phi) is 8.66. The molecule has 0 bridgehead atoms. The van der Waals surface area contributed by atoms with E-state index in [4.69, 9.17) is 28.6 Å². The van der Waals surface area contributed by atoms with Crippen molar-refractivity contribution in [2.24, 2.45) is 0 Å². The zero-order valence-corrected chi connectivity index (χ0v) is 17.3. The normalized spacial score (nSPS) is 16.3. The number of hydrogen-bond donors (Lipinski definition) is 2. The molecule has 152 valence electrons. The van der Waals surface area contributed by atoms with Crippen LogP contribution in [0.15, 0.2) is 24.3 Å². The number of nitrogens with one attached hydrogen (secondary N) is 2. The van der Waals surface area contributed by atoms with E-state index in [0.717, 1.165) is 19.3 Å². The number of unbranched alkanes of at least 4 members (excludes halogenated alkanes) is 2. The summed E-state index contributed by atoms with van der Waals surface area (Å²) in [7, 11) is 0. The van der Waals surface area contributed by atoms with Gasteiger partial charge in [-0.05, 0) is 36.8 Å². The summed E-state index contributed by atoms with van der Waals surface area (Å²) in [5, 5.41) is 5.83. The van der Waals surface area contributed by atoms with Crippen molar-refractivity contribution >= 4 is 46.7 Å². The highest BCUT2D eigenvalue weighted by atomic mass is 35.5. The number of thiocarbonyl (C=S) groups is 1. The number of rotatable bonds is 7. The predicted molar refractivity (Wildman–Crippen MR) is 110 cm³/mol. The molecule has 1 fully saturated rings. The van der Waals surface area contributed by atoms with Crippen LogP contribution in [0.3, 0.4) is 0 Å². The molecule has 0 radical (unpaired) electrons. The van der Waals surface area contributed by atoms with E-state index in [-0.39, 0.29) is 17.4 Å². The van der Waals surface area contributed by atoms with Crippen LogP contribution in [0.25, 0.3) is 0 Å². The zero-order valence-electron chi connectivity index (χ0n) is 15.7. The van der Waals surface area contributed by atoms with Crippen molar-refractivity contribution in [2.75, 3.05) is 19.7 Å². The van der Waals surface area contributed by atoms with E-state index in [1.54, 1.807) is 23.1 Å². The van der Waals surface area contributed by atoms with Crippen LogP contribution in [-0.2, 0) is 14.3 Å². The molecule has 0 aliphatic carbocycles. The first-order valence-electron chi connectivity index (χ1n) is 9.23. The molecule has 1 aromatic carbocycles. The first-order chi connectivity index (χ1) is 13.4. The third-order valence-electron chi connectivity index (χ3n) is 4.27. The summed E-state index contributed by atoms with van der Waals surface area (Å²) in [5.74, 6) is -1.22. The highest BCUT2D eigenvalue weighted by Crippen LogP contribution is 2.13. The number of benzene rings is 1. The van der Waals surface area contributed by atoms with E-state index in [1.165, 1.54) is 6.07 Å². The molecule has 28 heavy (non-hydrogen) atoms. The third kappa shape index (κ3) is 6.45. The molecule has 1 atom stereocenters. The Hall–Kier alpha value is -2.19. The first-order valence-corrected chi connectivity index (χ1v) is 10.0. The summed E-state index contributed by atoms with van der Waals surface area (Å²) in [6.45, 7) is 3.14. The Bertz CT molecular complexity index is 744. The summed E-state index contributed by atoms with van der Waals surface area (Å²) in [6.07, 6.45) is 2.65. The molecule has 1 heterocycles. The Morgan fingerprint density at radius 2 is 2.18 bits per heavy atom. The van der Waals surface area contributed by atoms with E-state index in [9.17, 15) is 14.4 Å². The van der Waals surface area contributed by atoms with Crippen molar-refractivity contribution in [2.45, 2.75) is 38.6 Å². The number of amides is 2. The number of ether oxygens (including phenoxy) is 1. The van der Waals surface area contributed by atoms with Gasteiger partial charge in [-0.25, -0.2) is 0 Å². The lowest BCUT2D eigenvalue weighted by atomic mass is 10.1. The van der Waals surface area contributed by atoms with Gasteiger partial charge in [-0.15, -0.1) is 0 Å². The maximum Gasteiger partial charge on any atom is 0.308 e. The summed E-state index contributed by atoms with van der Waals surface area (Å²) < 4.78 is 5.20. The van der Waals surface area contributed by atoms with E-state index in [2.05, 4.69) is 17.6 Å². The van der Waals surface area contributed by atoms with Crippen LogP contribution in [0.4, 0.5) is 0 Å². The van der Waals surface area contributed by atoms with Gasteiger partial charge in [-0.3, -0.25) is 19.7 Å². The average molecular weight is 426 g/mol. The summed E-state index contributed by atoms with van der Waals surface area (Å²) in [5.41, 5.74) is 0.350. The quantitative estimate of drug-likeness (QED) is 0.396. The van der Waals surface area contributed by atoms with Crippen LogP contribution in [0.5, 0.6) is 0 Å². The number of hydrogen-bond acceptors (Lipinski definition) is 5. The maximum absolute atomic E-state index is 12.4. The topological polar surface area (TPSA) is 87.7 Å². The van der Waals surface area contributed by atoms with E-state index in [1.807, 2.05) is 0 Å². The smallest absolute Gasteiger partial charge is 0.308 e. The third-order valence-corrected chi connectivity index (χ3v) is 4.84. The number of halogens is 1. The Balaban J connectivity index is 1.98. The lowest BCUT2D eigenvalue weighted by Gasteiger charge is -2.36. The van der Waals surface area contributed by atoms with Crippen molar-refractivity contribution in [3.05, 3.63) is 34.9 Å². The second-order valence-corrected chi connectivity index (χ2v) is 7.22. The molecule has 7 nitrogen and oxygen atoms in total.